The van der Waals surface area contributed by atoms with Gasteiger partial charge in [0, 0.05) is 5.57 Å². The third-order valence-electron chi connectivity index (χ3n) is 0.940. The van der Waals surface area contributed by atoms with Crippen LogP contribution in [0.3, 0.4) is 0 Å². The summed E-state index contributed by atoms with van der Waals surface area (Å²) < 4.78 is 4.53. The number of carbonyl (C=O) groups excluding carboxylic acids is 1. The van der Waals surface area contributed by atoms with Gasteiger partial charge in [-0.25, -0.2) is 4.79 Å². The van der Waals surface area contributed by atoms with Gasteiger partial charge in [0.1, 0.15) is 0 Å². The molecule has 0 saturated carbocycles. The predicted octanol–water partition coefficient (Wildman–Crippen LogP) is -0.224. The lowest BCUT2D eigenvalue weighted by molar-refractivity contribution is -0.129. The van der Waals surface area contributed by atoms with Crippen LogP contribution in [0.4, 0.5) is 0 Å². The molecule has 0 spiro atoms. The van der Waals surface area contributed by atoms with Gasteiger partial charge in [0.2, 0.25) is 10.5 Å². The van der Waals surface area contributed by atoms with E-state index in [2.05, 4.69) is 4.43 Å². The molecule has 0 fully saturated rings. The van der Waals surface area contributed by atoms with Crippen molar-refractivity contribution in [3.8, 4) is 0 Å². The summed E-state index contributed by atoms with van der Waals surface area (Å²) in [6.45, 7) is 3.55. The van der Waals surface area contributed by atoms with Crippen LogP contribution in [0.5, 0.6) is 0 Å². The summed E-state index contributed by atoms with van der Waals surface area (Å²) in [5.74, 6) is -0.195. The molecule has 0 aliphatic rings. The van der Waals surface area contributed by atoms with Gasteiger partial charge in [-0.05, 0) is 13.8 Å². The van der Waals surface area contributed by atoms with Crippen LogP contribution in [0.1, 0.15) is 13.8 Å². The Bertz CT molecular complexity index is 118. The van der Waals surface area contributed by atoms with Gasteiger partial charge in [-0.1, -0.05) is 6.08 Å². The maximum absolute atomic E-state index is 10.5. The average Bonchev–Trinajstić information content (AvgIpc) is 1.84. The molecule has 0 N–H and O–H groups in total. The molecule has 0 aliphatic carbocycles. The molecule has 0 heterocycles. The zero-order chi connectivity index (χ0) is 6.57. The predicted molar refractivity (Wildman–Crippen MR) is 35.5 cm³/mol. The molecule has 2 nitrogen and oxygen atoms in total. The Kier molecular flexibility index (Phi) is 3.19. The van der Waals surface area contributed by atoms with Crippen molar-refractivity contribution >= 4 is 16.5 Å². The van der Waals surface area contributed by atoms with Crippen LogP contribution in [-0.2, 0) is 9.22 Å². The molecule has 0 bridgehead atoms. The summed E-state index contributed by atoms with van der Waals surface area (Å²) in [6.07, 6.45) is 1.74. The highest BCUT2D eigenvalue weighted by Gasteiger charge is 1.97. The van der Waals surface area contributed by atoms with Gasteiger partial charge in [0.05, 0.1) is 0 Å². The Morgan fingerprint density at radius 3 is 2.38 bits per heavy atom. The summed E-state index contributed by atoms with van der Waals surface area (Å²) in [7, 11) is 0.485. The van der Waals surface area contributed by atoms with Crippen LogP contribution in [0.15, 0.2) is 11.6 Å². The van der Waals surface area contributed by atoms with Gasteiger partial charge < -0.3 is 4.43 Å². The molecule has 8 heavy (non-hydrogen) atoms. The zero-order valence-electron chi connectivity index (χ0n) is 5.39. The standard InChI is InChI=1S/C5H10O2Si/c1-3-4(2)5(6)7-8/h3H,1-2,8H3/b4-3+. The molecule has 0 unspecified atom stereocenters. The molecule has 0 aliphatic heterocycles. The van der Waals surface area contributed by atoms with E-state index in [-0.39, 0.29) is 5.97 Å². The van der Waals surface area contributed by atoms with Crippen LogP contribution in [-0.4, -0.2) is 16.5 Å². The van der Waals surface area contributed by atoms with Crippen molar-refractivity contribution < 1.29 is 9.22 Å². The Labute approximate surface area is 52.1 Å². The van der Waals surface area contributed by atoms with Crippen LogP contribution in [0, 0.1) is 0 Å². The topological polar surface area (TPSA) is 26.3 Å². The second-order valence-corrected chi connectivity index (χ2v) is 1.87. The van der Waals surface area contributed by atoms with Crippen molar-refractivity contribution in [3.63, 3.8) is 0 Å². The first-order valence-electron chi connectivity index (χ1n) is 2.43. The fourth-order valence-electron chi connectivity index (χ4n) is 0.279. The third kappa shape index (κ3) is 1.93. The monoisotopic (exact) mass is 130 g/mol. The van der Waals surface area contributed by atoms with Gasteiger partial charge in [0.25, 0.3) is 0 Å². The lowest BCUT2D eigenvalue weighted by atomic mass is 10.3. The van der Waals surface area contributed by atoms with E-state index >= 15 is 0 Å². The van der Waals surface area contributed by atoms with Gasteiger partial charge in [-0.3, -0.25) is 0 Å². The maximum atomic E-state index is 10.5. The molecular formula is C5H10O2Si. The summed E-state index contributed by atoms with van der Waals surface area (Å²) >= 11 is 0. The van der Waals surface area contributed by atoms with Crippen molar-refractivity contribution in [2.45, 2.75) is 13.8 Å². The van der Waals surface area contributed by atoms with E-state index in [0.29, 0.717) is 16.1 Å². The van der Waals surface area contributed by atoms with Crippen molar-refractivity contribution in [1.29, 1.82) is 0 Å². The first-order chi connectivity index (χ1) is 3.72. The summed E-state index contributed by atoms with van der Waals surface area (Å²) in [5.41, 5.74) is 0.681. The van der Waals surface area contributed by atoms with E-state index in [0.717, 1.165) is 0 Å². The van der Waals surface area contributed by atoms with E-state index in [1.807, 2.05) is 6.92 Å². The molecule has 0 amide bonds. The summed E-state index contributed by atoms with van der Waals surface area (Å²) in [5, 5.41) is 0. The fourth-order valence-corrected chi connectivity index (χ4v) is 0.601. The fraction of sp³-hybridized carbons (Fsp3) is 0.400. The number of hydrogen-bond donors (Lipinski definition) is 0. The molecule has 0 radical (unpaired) electrons. The number of allylic oxidation sites excluding steroid dienone is 1. The maximum Gasteiger partial charge on any atom is 0.319 e. The molecular weight excluding hydrogens is 120 g/mol. The smallest absolute Gasteiger partial charge is 0.319 e. The van der Waals surface area contributed by atoms with Crippen LogP contribution >= 0.6 is 0 Å². The first kappa shape index (κ1) is 7.43. The highest BCUT2D eigenvalue weighted by Crippen LogP contribution is 1.91. The molecule has 0 aromatic rings. The molecule has 0 saturated heterocycles. The normalized spacial score (nSPS) is 11.5. The van der Waals surface area contributed by atoms with Crippen molar-refractivity contribution in [2.24, 2.45) is 0 Å². The van der Waals surface area contributed by atoms with Crippen molar-refractivity contribution in [2.75, 3.05) is 0 Å². The summed E-state index contributed by atoms with van der Waals surface area (Å²) in [4.78, 5) is 10.5. The van der Waals surface area contributed by atoms with Gasteiger partial charge >= 0.3 is 5.97 Å². The average molecular weight is 130 g/mol. The molecule has 0 aromatic carbocycles. The minimum atomic E-state index is -0.195. The largest absolute Gasteiger partial charge is 0.526 e. The quantitative estimate of drug-likeness (QED) is 0.362. The highest BCUT2D eigenvalue weighted by molar-refractivity contribution is 6.08. The molecule has 3 heteroatoms. The Balaban J connectivity index is 3.83. The van der Waals surface area contributed by atoms with E-state index < -0.39 is 0 Å². The minimum Gasteiger partial charge on any atom is -0.526 e. The Morgan fingerprint density at radius 2 is 2.25 bits per heavy atom. The number of carbonyl (C=O) groups is 1. The Hall–Kier alpha value is -0.573. The van der Waals surface area contributed by atoms with Crippen molar-refractivity contribution in [3.05, 3.63) is 11.6 Å². The SMILES string of the molecule is C/C=C(\C)C(=O)O[SiH3]. The summed E-state index contributed by atoms with van der Waals surface area (Å²) in [6, 6.07) is 0. The second-order valence-electron chi connectivity index (χ2n) is 1.46. The van der Waals surface area contributed by atoms with E-state index in [4.69, 9.17) is 0 Å². The van der Waals surface area contributed by atoms with E-state index in [9.17, 15) is 4.79 Å². The van der Waals surface area contributed by atoms with Gasteiger partial charge in [-0.15, -0.1) is 0 Å². The van der Waals surface area contributed by atoms with Gasteiger partial charge in [-0.2, -0.15) is 0 Å². The van der Waals surface area contributed by atoms with Crippen LogP contribution in [0.2, 0.25) is 0 Å². The second kappa shape index (κ2) is 3.43. The zero-order valence-corrected chi connectivity index (χ0v) is 7.39. The molecule has 46 valence electrons. The van der Waals surface area contributed by atoms with Crippen molar-refractivity contribution in [1.82, 2.24) is 0 Å². The first-order valence-corrected chi connectivity index (χ1v) is 3.25. The molecule has 0 atom stereocenters. The lowest BCUT2D eigenvalue weighted by Crippen LogP contribution is -2.01. The van der Waals surface area contributed by atoms with E-state index in [1.54, 1.807) is 13.0 Å². The molecule has 0 aromatic heterocycles. The lowest BCUT2D eigenvalue weighted by Gasteiger charge is -1.95. The molecule has 0 rings (SSSR count). The van der Waals surface area contributed by atoms with Crippen LogP contribution in [0.25, 0.3) is 0 Å². The van der Waals surface area contributed by atoms with E-state index in [1.165, 1.54) is 0 Å². The Morgan fingerprint density at radius 1 is 1.75 bits per heavy atom. The number of rotatable bonds is 1. The third-order valence-corrected chi connectivity index (χ3v) is 1.31. The van der Waals surface area contributed by atoms with Crippen LogP contribution < -0.4 is 0 Å². The highest BCUT2D eigenvalue weighted by atomic mass is 28.2. The van der Waals surface area contributed by atoms with Gasteiger partial charge in [0.15, 0.2) is 0 Å². The number of hydrogen-bond acceptors (Lipinski definition) is 2. The minimum absolute atomic E-state index is 0.195.